The number of rotatable bonds is 26. The minimum atomic E-state index is 0.0296. The second kappa shape index (κ2) is 58.7. The number of piperidine rings is 1. The van der Waals surface area contributed by atoms with Crippen LogP contribution in [0.1, 0.15) is 377 Å². The minimum absolute atomic E-state index is 0.0296. The van der Waals surface area contributed by atoms with Crippen LogP contribution in [-0.2, 0) is 32.7 Å². The summed E-state index contributed by atoms with van der Waals surface area (Å²) in [6.07, 6.45) is 56.9. The van der Waals surface area contributed by atoms with Crippen molar-refractivity contribution in [2.24, 2.45) is 102 Å². The van der Waals surface area contributed by atoms with Crippen LogP contribution in [0.5, 0.6) is 0 Å². The van der Waals surface area contributed by atoms with Crippen LogP contribution in [0.4, 0.5) is 0 Å². The van der Waals surface area contributed by atoms with E-state index in [1.54, 1.807) is 31.6 Å². The van der Waals surface area contributed by atoms with Crippen LogP contribution in [0.3, 0.4) is 0 Å². The Bertz CT molecular complexity index is 3000. The molecule has 4 amide bonds. The molecule has 18 nitrogen and oxygen atoms in total. The lowest BCUT2D eigenvalue weighted by molar-refractivity contribution is -0.125. The van der Waals surface area contributed by atoms with E-state index in [4.69, 9.17) is 10.00 Å². The molecule has 18 heteroatoms. The quantitative estimate of drug-likeness (QED) is 0.0410. The third kappa shape index (κ3) is 44.6. The molecule has 1 aliphatic heterocycles. The summed E-state index contributed by atoms with van der Waals surface area (Å²) >= 11 is 0. The van der Waals surface area contributed by atoms with Gasteiger partial charge in [-0.05, 0) is 352 Å². The van der Waals surface area contributed by atoms with Gasteiger partial charge >= 0.3 is 0 Å². The number of hydrogen-bond acceptors (Lipinski definition) is 13. The molecular formula is C102H185N13O5. The molecule has 10 saturated carbocycles. The van der Waals surface area contributed by atoms with Crippen LogP contribution in [0.2, 0.25) is 0 Å². The van der Waals surface area contributed by atoms with Crippen molar-refractivity contribution in [3.8, 4) is 6.07 Å². The van der Waals surface area contributed by atoms with Gasteiger partial charge in [-0.3, -0.25) is 29.1 Å². The highest BCUT2D eigenvalue weighted by molar-refractivity contribution is 5.94. The topological polar surface area (TPSA) is 231 Å². The second-order valence-corrected chi connectivity index (χ2v) is 42.1. The maximum absolute atomic E-state index is 11.9. The fraction of sp³-hybridized carbons (Fsp3) is 0.873. The number of pyridine rings is 1. The predicted octanol–water partition coefficient (Wildman–Crippen LogP) is 20.7. The van der Waals surface area contributed by atoms with Gasteiger partial charge in [-0.25, -0.2) is 4.98 Å². The average Bonchev–Trinajstić information content (AvgIpc) is 1.78. The number of hydrogen-bond donors (Lipinski definition) is 8. The number of carbonyl (C=O) groups excluding carboxylic acids is 4. The molecule has 688 valence electrons. The van der Waals surface area contributed by atoms with Crippen molar-refractivity contribution in [3.63, 3.8) is 0 Å². The Morgan fingerprint density at radius 1 is 0.458 bits per heavy atom. The lowest BCUT2D eigenvalue weighted by atomic mass is 9.79. The first-order chi connectivity index (χ1) is 57.5. The van der Waals surface area contributed by atoms with Gasteiger partial charge in [0.2, 0.25) is 17.7 Å². The molecule has 3 heterocycles. The molecule has 0 bridgehead atoms. The molecule has 0 atom stereocenters. The van der Waals surface area contributed by atoms with Crippen molar-refractivity contribution in [3.05, 3.63) is 48.3 Å². The number of carbonyl (C=O) groups is 4. The number of imidazole rings is 1. The normalized spacial score (nSPS) is 29.1. The number of nitrogens with zero attached hydrogens (tertiary/aromatic N) is 5. The van der Waals surface area contributed by atoms with Crippen molar-refractivity contribution in [1.29, 1.82) is 5.26 Å². The first-order valence-corrected chi connectivity index (χ1v) is 50.1. The number of aryl methyl sites for hydroxylation is 1. The van der Waals surface area contributed by atoms with Crippen LogP contribution in [0, 0.1) is 106 Å². The number of methoxy groups -OCH3 is 1. The number of nitrogens with one attached hydrogen (secondary N) is 8. The summed E-state index contributed by atoms with van der Waals surface area (Å²) in [6.45, 7) is 43.2. The number of aromatic nitrogens is 3. The molecule has 10 aliphatic carbocycles. The number of amides is 4. The van der Waals surface area contributed by atoms with Crippen molar-refractivity contribution in [1.82, 2.24) is 62.0 Å². The molecule has 0 radical (unpaired) electrons. The van der Waals surface area contributed by atoms with Gasteiger partial charge in [0.15, 0.2) is 0 Å². The smallest absolute Gasteiger partial charge is 0.251 e. The van der Waals surface area contributed by atoms with Gasteiger partial charge in [-0.15, -0.1) is 0 Å². The van der Waals surface area contributed by atoms with Gasteiger partial charge in [0, 0.05) is 131 Å². The summed E-state index contributed by atoms with van der Waals surface area (Å²) in [5.41, 5.74) is 1.98. The second-order valence-electron chi connectivity index (χ2n) is 42.1. The SMILES string of the molecule is CC(C)C1CCC(NC(=O)C2CC2)CC1.CC(C)C1CCC(NC2CCN(CC#N)CC2)CC1.CC(C)C1CCC(NCC2CC2)CC1.CC(C)C1CCC(NCc2cncn2C)CC1.CC(C)CNC1CCC(C)CC1.CC1CCC(NC(=O)C(C)C)CC1.CC1CCC(NC(=O)c2ccncc2)CC1.COCCC(=O)NC1CCC(C)CC1. The molecule has 1 saturated heterocycles. The molecule has 11 aliphatic rings. The zero-order valence-electron chi connectivity index (χ0n) is 80.2. The van der Waals surface area contributed by atoms with E-state index in [2.05, 4.69) is 172 Å². The predicted molar refractivity (Wildman–Crippen MR) is 500 cm³/mol. The Hall–Kier alpha value is -4.51. The van der Waals surface area contributed by atoms with Crippen molar-refractivity contribution >= 4 is 23.6 Å². The Labute approximate surface area is 735 Å². The fourth-order valence-electron chi connectivity index (χ4n) is 19.4. The highest BCUT2D eigenvalue weighted by Crippen LogP contribution is 2.37. The first kappa shape index (κ1) is 104. The van der Waals surface area contributed by atoms with Gasteiger partial charge in [-0.1, -0.05) is 111 Å². The molecule has 2 aromatic heterocycles. The summed E-state index contributed by atoms with van der Waals surface area (Å²) < 4.78 is 6.95. The number of ether oxygens (including phenoxy) is 1. The molecule has 120 heavy (non-hydrogen) atoms. The largest absolute Gasteiger partial charge is 0.384 e. The van der Waals surface area contributed by atoms with E-state index in [0.29, 0.717) is 73.2 Å². The van der Waals surface area contributed by atoms with Gasteiger partial charge in [0.25, 0.3) is 5.91 Å². The molecular weight excluding hydrogens is 1490 g/mol. The summed E-state index contributed by atoms with van der Waals surface area (Å²) in [6, 6.07) is 11.3. The lowest BCUT2D eigenvalue weighted by Gasteiger charge is -2.37. The average molecular weight is 1670 g/mol. The molecule has 2 aromatic rings. The zero-order chi connectivity index (χ0) is 87.3. The van der Waals surface area contributed by atoms with Gasteiger partial charge in [0.05, 0.1) is 31.2 Å². The number of likely N-dealkylation sites (tertiary alicyclic amines) is 1. The first-order valence-electron chi connectivity index (χ1n) is 50.1. The monoisotopic (exact) mass is 1670 g/mol. The minimum Gasteiger partial charge on any atom is -0.384 e. The van der Waals surface area contributed by atoms with E-state index in [-0.39, 0.29) is 23.6 Å². The Balaban J connectivity index is 0.000000213. The van der Waals surface area contributed by atoms with Crippen molar-refractivity contribution < 1.29 is 23.9 Å². The summed E-state index contributed by atoms with van der Waals surface area (Å²) in [5, 5.41) is 36.1. The highest BCUT2D eigenvalue weighted by Gasteiger charge is 2.34. The van der Waals surface area contributed by atoms with Gasteiger partial charge < -0.3 is 51.8 Å². The van der Waals surface area contributed by atoms with Gasteiger partial charge in [0.1, 0.15) is 0 Å². The molecule has 0 spiro atoms. The van der Waals surface area contributed by atoms with Gasteiger partial charge in [-0.2, -0.15) is 5.26 Å². The fourth-order valence-corrected chi connectivity index (χ4v) is 19.4. The number of nitriles is 1. The molecule has 8 N–H and O–H groups in total. The van der Waals surface area contributed by atoms with E-state index in [0.717, 1.165) is 159 Å². The third-order valence-electron chi connectivity index (χ3n) is 29.3. The third-order valence-corrected chi connectivity index (χ3v) is 29.3. The van der Waals surface area contributed by atoms with Crippen LogP contribution in [0.15, 0.2) is 37.1 Å². The Morgan fingerprint density at radius 3 is 1.25 bits per heavy atom. The van der Waals surface area contributed by atoms with E-state index in [1.165, 1.54) is 224 Å². The maximum atomic E-state index is 11.9. The maximum Gasteiger partial charge on any atom is 0.251 e. The highest BCUT2D eigenvalue weighted by atomic mass is 16.5. The lowest BCUT2D eigenvalue weighted by Crippen LogP contribution is -2.47. The van der Waals surface area contributed by atoms with Crippen LogP contribution in [-0.4, -0.2) is 144 Å². The van der Waals surface area contributed by atoms with E-state index in [9.17, 15) is 19.2 Å². The van der Waals surface area contributed by atoms with E-state index >= 15 is 0 Å². The standard InChI is InChI=1S/C16H29N3.C14H25N3.C13H18N2O.C13H23NO.C13H25N.C11H21NO2.C11H21NO.C11H23N/c1-13(2)14-3-5-15(6-4-14)18-16-7-10-19(11-8-16)12-9-17;1-11(2)12-4-6-13(7-5-12)16-9-14-8-15-10-17(14)3;1-10-2-4-12(5-3-10)15-13(16)11-6-8-14-9-7-11;1-9(2)10-5-7-12(8-6-10)14-13(15)11-3-4-11;1-10(2)12-5-7-13(8-6-12)14-9-11-3-4-11;1-9-3-5-10(6-4-9)12-11(13)7-8-14-2;1-8(2)11(13)12-10-6-4-9(3)5-7-10;1-9(2)8-12-11-6-4-10(3)5-7-11/h13-16,18H,3-8,10-12H2,1-2H3;8,10-13,16H,4-7,9H2,1-3H3;6-10,12H,2-5H2,1H3,(H,15,16);9-12H,3-8H2,1-2H3,(H,14,15);10-14H,3-9H2,1-2H3;9-10H,3-8H2,1-2H3,(H,12,13);8-10H,4-7H2,1-3H3,(H,12,13);9-12H,4-8H2,1-3H3. The van der Waals surface area contributed by atoms with Crippen LogP contribution < -0.4 is 42.5 Å². The molecule has 0 unspecified atom stereocenters. The molecule has 11 fully saturated rings. The molecule has 13 rings (SSSR count). The van der Waals surface area contributed by atoms with Crippen LogP contribution in [0.25, 0.3) is 0 Å². The molecule has 0 aromatic carbocycles. The Morgan fingerprint density at radius 2 is 0.850 bits per heavy atom. The van der Waals surface area contributed by atoms with Crippen LogP contribution >= 0.6 is 0 Å². The van der Waals surface area contributed by atoms with E-state index < -0.39 is 0 Å². The van der Waals surface area contributed by atoms with E-state index in [1.807, 2.05) is 26.4 Å². The zero-order valence-corrected chi connectivity index (χ0v) is 80.2. The van der Waals surface area contributed by atoms with Crippen molar-refractivity contribution in [2.75, 3.05) is 46.4 Å². The summed E-state index contributed by atoms with van der Waals surface area (Å²) in [5.74, 6) is 13.7. The van der Waals surface area contributed by atoms with Crippen molar-refractivity contribution in [2.45, 2.75) is 422 Å². The summed E-state index contributed by atoms with van der Waals surface area (Å²) in [7, 11) is 3.68. The Kier molecular flexibility index (Phi) is 51.0. The summed E-state index contributed by atoms with van der Waals surface area (Å²) in [4.78, 5) is 56.5.